The molecule has 2 atom stereocenters. The Morgan fingerprint density at radius 1 is 1.11 bits per heavy atom. The van der Waals surface area contributed by atoms with Gasteiger partial charge < -0.3 is 24.8 Å². The molecule has 0 bridgehead atoms. The number of aryl methyl sites for hydroxylation is 1. The van der Waals surface area contributed by atoms with Gasteiger partial charge in [-0.3, -0.25) is 9.78 Å². The van der Waals surface area contributed by atoms with E-state index in [1.54, 1.807) is 13.3 Å². The predicted molar refractivity (Wildman–Crippen MR) is 155 cm³/mol. The molecule has 1 fully saturated rings. The molecule has 0 radical (unpaired) electrons. The Morgan fingerprint density at radius 2 is 1.87 bits per heavy atom. The first-order chi connectivity index (χ1) is 18.3. The number of hydrogen-bond acceptors (Lipinski definition) is 4. The second-order valence-electron chi connectivity index (χ2n) is 9.18. The molecule has 38 heavy (non-hydrogen) atoms. The standard InChI is InChI=1S/C29H28ClN5O2S/c1-17-15-21(18(2)34(17)25-11-6-5-9-22(25)30)28-27(23-10-7-8-14-31-23)33-29(38)35(28)20-12-13-26(37-4)24(16-20)32-19(3)36/h5-16,27-28H,1-4H3,(H,32,36)(H,33,38). The van der Waals surface area contributed by atoms with Gasteiger partial charge in [0.05, 0.1) is 41.3 Å². The largest absolute Gasteiger partial charge is 0.495 e. The van der Waals surface area contributed by atoms with E-state index in [9.17, 15) is 4.79 Å². The lowest BCUT2D eigenvalue weighted by molar-refractivity contribution is -0.114. The number of pyridine rings is 1. The van der Waals surface area contributed by atoms with E-state index in [-0.39, 0.29) is 18.0 Å². The first-order valence-corrected chi connectivity index (χ1v) is 13.0. The number of benzene rings is 2. The highest BCUT2D eigenvalue weighted by Gasteiger charge is 2.42. The Labute approximate surface area is 232 Å². The van der Waals surface area contributed by atoms with Crippen molar-refractivity contribution in [3.8, 4) is 11.4 Å². The molecule has 1 aliphatic rings. The second kappa shape index (κ2) is 10.5. The van der Waals surface area contributed by atoms with Gasteiger partial charge in [0.25, 0.3) is 0 Å². The third kappa shape index (κ3) is 4.61. The summed E-state index contributed by atoms with van der Waals surface area (Å²) in [6.07, 6.45) is 1.79. The Bertz CT molecular complexity index is 1520. The molecule has 9 heteroatoms. The zero-order valence-electron chi connectivity index (χ0n) is 21.5. The number of amides is 1. The molecule has 0 spiro atoms. The number of aromatic nitrogens is 2. The number of nitrogens with one attached hydrogen (secondary N) is 2. The van der Waals surface area contributed by atoms with Crippen LogP contribution in [0.25, 0.3) is 5.69 Å². The van der Waals surface area contributed by atoms with Crippen LogP contribution in [-0.2, 0) is 4.79 Å². The maximum absolute atomic E-state index is 11.9. The summed E-state index contributed by atoms with van der Waals surface area (Å²) in [5, 5.41) is 7.61. The molecule has 7 nitrogen and oxygen atoms in total. The Balaban J connectivity index is 1.69. The van der Waals surface area contributed by atoms with Gasteiger partial charge in [-0.2, -0.15) is 0 Å². The zero-order valence-corrected chi connectivity index (χ0v) is 23.1. The molecule has 1 saturated heterocycles. The third-order valence-electron chi connectivity index (χ3n) is 6.75. The van der Waals surface area contributed by atoms with Gasteiger partial charge in [0.1, 0.15) is 5.75 Å². The molecule has 3 heterocycles. The minimum Gasteiger partial charge on any atom is -0.495 e. The molecule has 1 amide bonds. The van der Waals surface area contributed by atoms with Crippen LogP contribution in [0.5, 0.6) is 5.75 Å². The van der Waals surface area contributed by atoms with E-state index in [0.717, 1.165) is 34.0 Å². The number of nitrogens with zero attached hydrogens (tertiary/aromatic N) is 3. The maximum Gasteiger partial charge on any atom is 0.221 e. The minimum atomic E-state index is -0.224. The summed E-state index contributed by atoms with van der Waals surface area (Å²) in [6, 6.07) is 21.1. The lowest BCUT2D eigenvalue weighted by Gasteiger charge is -2.29. The zero-order chi connectivity index (χ0) is 27.0. The van der Waals surface area contributed by atoms with Gasteiger partial charge in [-0.25, -0.2) is 0 Å². The molecule has 2 aromatic carbocycles. The summed E-state index contributed by atoms with van der Waals surface area (Å²) in [7, 11) is 1.58. The number of carbonyl (C=O) groups excluding carboxylic acids is 1. The summed E-state index contributed by atoms with van der Waals surface area (Å²) >= 11 is 12.5. The fourth-order valence-electron chi connectivity index (χ4n) is 5.17. The average molecular weight is 546 g/mol. The van der Waals surface area contributed by atoms with Crippen molar-refractivity contribution in [3.05, 3.63) is 101 Å². The van der Waals surface area contributed by atoms with Crippen molar-refractivity contribution in [1.82, 2.24) is 14.9 Å². The van der Waals surface area contributed by atoms with E-state index < -0.39 is 0 Å². The molecular formula is C29H28ClN5O2S. The van der Waals surface area contributed by atoms with E-state index in [4.69, 9.17) is 28.6 Å². The lowest BCUT2D eigenvalue weighted by Crippen LogP contribution is -2.29. The number of hydrogen-bond donors (Lipinski definition) is 2. The number of para-hydroxylation sites is 1. The first-order valence-electron chi connectivity index (χ1n) is 12.2. The Kier molecular flexibility index (Phi) is 7.10. The number of halogens is 1. The van der Waals surface area contributed by atoms with Crippen molar-refractivity contribution in [1.29, 1.82) is 0 Å². The van der Waals surface area contributed by atoms with Gasteiger partial charge in [0, 0.05) is 30.2 Å². The van der Waals surface area contributed by atoms with Gasteiger partial charge in [0.2, 0.25) is 5.91 Å². The summed E-state index contributed by atoms with van der Waals surface area (Å²) in [4.78, 5) is 18.7. The fourth-order valence-corrected chi connectivity index (χ4v) is 5.74. The van der Waals surface area contributed by atoms with E-state index in [1.165, 1.54) is 6.92 Å². The van der Waals surface area contributed by atoms with Gasteiger partial charge >= 0.3 is 0 Å². The van der Waals surface area contributed by atoms with Crippen molar-refractivity contribution < 1.29 is 9.53 Å². The van der Waals surface area contributed by atoms with Gasteiger partial charge in [-0.15, -0.1) is 0 Å². The van der Waals surface area contributed by atoms with E-state index in [0.29, 0.717) is 21.6 Å². The number of rotatable bonds is 6. The van der Waals surface area contributed by atoms with Crippen LogP contribution >= 0.6 is 23.8 Å². The van der Waals surface area contributed by atoms with Crippen LogP contribution in [0, 0.1) is 13.8 Å². The third-order valence-corrected chi connectivity index (χ3v) is 7.39. The fraction of sp³-hybridized carbons (Fsp3) is 0.207. The Morgan fingerprint density at radius 3 is 2.55 bits per heavy atom. The number of thiocarbonyl (C=S) groups is 1. The van der Waals surface area contributed by atoms with Gasteiger partial charge in [-0.1, -0.05) is 29.8 Å². The van der Waals surface area contributed by atoms with Crippen molar-refractivity contribution in [2.75, 3.05) is 17.3 Å². The van der Waals surface area contributed by atoms with Crippen molar-refractivity contribution in [3.63, 3.8) is 0 Å². The van der Waals surface area contributed by atoms with E-state index in [2.05, 4.69) is 45.0 Å². The van der Waals surface area contributed by atoms with E-state index >= 15 is 0 Å². The van der Waals surface area contributed by atoms with Crippen LogP contribution in [0.4, 0.5) is 11.4 Å². The van der Waals surface area contributed by atoms with E-state index in [1.807, 2.05) is 60.7 Å². The van der Waals surface area contributed by atoms with Crippen LogP contribution in [-0.4, -0.2) is 27.7 Å². The van der Waals surface area contributed by atoms with Crippen LogP contribution in [0.1, 0.15) is 41.7 Å². The van der Waals surface area contributed by atoms with Crippen LogP contribution in [0.3, 0.4) is 0 Å². The monoisotopic (exact) mass is 545 g/mol. The Hall–Kier alpha value is -3.88. The predicted octanol–water partition coefficient (Wildman–Crippen LogP) is 6.29. The number of carbonyl (C=O) groups is 1. The van der Waals surface area contributed by atoms with Crippen LogP contribution in [0.2, 0.25) is 5.02 Å². The molecule has 0 saturated carbocycles. The molecule has 0 aliphatic carbocycles. The minimum absolute atomic E-state index is 0.186. The maximum atomic E-state index is 11.9. The average Bonchev–Trinajstić information content (AvgIpc) is 3.39. The number of ether oxygens (including phenoxy) is 1. The smallest absolute Gasteiger partial charge is 0.221 e. The SMILES string of the molecule is COc1ccc(N2C(=S)NC(c3ccccn3)C2c2cc(C)n(-c3ccccc3Cl)c2C)cc1NC(C)=O. The van der Waals surface area contributed by atoms with Gasteiger partial charge in [-0.05, 0) is 80.2 Å². The van der Waals surface area contributed by atoms with Crippen LogP contribution in [0.15, 0.2) is 72.9 Å². The molecule has 194 valence electrons. The summed E-state index contributed by atoms with van der Waals surface area (Å²) < 4.78 is 7.65. The number of methoxy groups -OCH3 is 1. The highest BCUT2D eigenvalue weighted by Crippen LogP contribution is 2.45. The molecule has 2 unspecified atom stereocenters. The van der Waals surface area contributed by atoms with Crippen molar-refractivity contribution in [2.24, 2.45) is 0 Å². The first kappa shape index (κ1) is 25.8. The van der Waals surface area contributed by atoms with Crippen molar-refractivity contribution >= 4 is 46.2 Å². The van der Waals surface area contributed by atoms with Crippen LogP contribution < -0.4 is 20.3 Å². The highest BCUT2D eigenvalue weighted by atomic mass is 35.5. The highest BCUT2D eigenvalue weighted by molar-refractivity contribution is 7.80. The molecular weight excluding hydrogens is 518 g/mol. The normalized spacial score (nSPS) is 16.9. The quantitative estimate of drug-likeness (QED) is 0.278. The number of anilines is 2. The van der Waals surface area contributed by atoms with Crippen molar-refractivity contribution in [2.45, 2.75) is 32.9 Å². The molecule has 2 N–H and O–H groups in total. The summed E-state index contributed by atoms with van der Waals surface area (Å²) in [5.41, 5.74) is 6.37. The second-order valence-corrected chi connectivity index (χ2v) is 9.97. The summed E-state index contributed by atoms with van der Waals surface area (Å²) in [5.74, 6) is 0.380. The lowest BCUT2D eigenvalue weighted by atomic mass is 9.96. The topological polar surface area (TPSA) is 71.4 Å². The molecule has 1 aliphatic heterocycles. The molecule has 4 aromatic rings. The summed E-state index contributed by atoms with van der Waals surface area (Å²) in [6.45, 7) is 5.64. The molecule has 5 rings (SSSR count). The molecule has 2 aromatic heterocycles. The van der Waals surface area contributed by atoms with Gasteiger partial charge in [0.15, 0.2) is 5.11 Å².